The smallest absolute Gasteiger partial charge is 0.228 e. The number of nitrogens with zero attached hydrogens (tertiary/aromatic N) is 4. The Labute approximate surface area is 194 Å². The van der Waals surface area contributed by atoms with Crippen LogP contribution in [-0.2, 0) is 23.1 Å². The Kier molecular flexibility index (Phi) is 6.66. The van der Waals surface area contributed by atoms with Gasteiger partial charge in [-0.15, -0.1) is 0 Å². The third-order valence-corrected chi connectivity index (χ3v) is 6.60. The first-order valence-corrected chi connectivity index (χ1v) is 11.9. The molecule has 1 aromatic carbocycles. The van der Waals surface area contributed by atoms with Crippen molar-refractivity contribution in [3.8, 4) is 11.1 Å². The number of carbonyl (C=O) groups excluding carboxylic acids is 1. The van der Waals surface area contributed by atoms with E-state index in [9.17, 15) is 4.79 Å². The van der Waals surface area contributed by atoms with Crippen molar-refractivity contribution in [3.05, 3.63) is 42.4 Å². The number of piperidine rings is 1. The number of pyridine rings is 1. The SMILES string of the molecule is Cn1ncc(-c2ccc3cnc(NC(=O)CC4CNCCO4)cc3c2)c1CN1CCCCC1. The molecule has 5 rings (SSSR count). The fourth-order valence-corrected chi connectivity index (χ4v) is 4.75. The molecule has 2 saturated heterocycles. The van der Waals surface area contributed by atoms with Crippen LogP contribution in [0.25, 0.3) is 21.9 Å². The van der Waals surface area contributed by atoms with Crippen LogP contribution in [0.5, 0.6) is 0 Å². The number of nitrogens with one attached hydrogen (secondary N) is 2. The highest BCUT2D eigenvalue weighted by Crippen LogP contribution is 2.29. The van der Waals surface area contributed by atoms with Gasteiger partial charge in [0.1, 0.15) is 5.82 Å². The van der Waals surface area contributed by atoms with Crippen molar-refractivity contribution >= 4 is 22.5 Å². The standard InChI is InChI=1S/C25H32N6O2/c1-30-23(17-31-8-3-2-4-9-31)22(16-28-30)18-5-6-19-14-27-24(12-20(19)11-18)29-25(32)13-21-15-26-7-10-33-21/h5-6,11-12,14,16,21,26H,2-4,7-10,13,15,17H2,1H3,(H,27,29,32). The summed E-state index contributed by atoms with van der Waals surface area (Å²) in [5.74, 6) is 0.482. The van der Waals surface area contributed by atoms with Gasteiger partial charge in [0.05, 0.1) is 31.0 Å². The van der Waals surface area contributed by atoms with Gasteiger partial charge < -0.3 is 15.4 Å². The largest absolute Gasteiger partial charge is 0.375 e. The van der Waals surface area contributed by atoms with Crippen LogP contribution in [0.3, 0.4) is 0 Å². The number of morpholine rings is 1. The third-order valence-electron chi connectivity index (χ3n) is 6.60. The summed E-state index contributed by atoms with van der Waals surface area (Å²) in [4.78, 5) is 19.4. The molecule has 1 atom stereocenters. The van der Waals surface area contributed by atoms with Gasteiger partial charge in [0.2, 0.25) is 5.91 Å². The predicted octanol–water partition coefficient (Wildman–Crippen LogP) is 2.94. The van der Waals surface area contributed by atoms with Crippen molar-refractivity contribution < 1.29 is 9.53 Å². The van der Waals surface area contributed by atoms with Crippen molar-refractivity contribution in [1.82, 2.24) is 25.0 Å². The van der Waals surface area contributed by atoms with Gasteiger partial charge in [0.25, 0.3) is 0 Å². The van der Waals surface area contributed by atoms with Crippen molar-refractivity contribution in [2.45, 2.75) is 38.3 Å². The van der Waals surface area contributed by atoms with Crippen LogP contribution >= 0.6 is 0 Å². The molecule has 3 aromatic rings. The second-order valence-corrected chi connectivity index (χ2v) is 9.05. The highest BCUT2D eigenvalue weighted by molar-refractivity contribution is 5.94. The predicted molar refractivity (Wildman–Crippen MR) is 129 cm³/mol. The van der Waals surface area contributed by atoms with Crippen molar-refractivity contribution in [3.63, 3.8) is 0 Å². The number of aryl methyl sites for hydroxylation is 1. The second kappa shape index (κ2) is 9.99. The molecule has 0 radical (unpaired) electrons. The number of likely N-dealkylation sites (tertiary alicyclic amines) is 1. The molecule has 8 nitrogen and oxygen atoms in total. The lowest BCUT2D eigenvalue weighted by atomic mass is 10.0. The van der Waals surface area contributed by atoms with Gasteiger partial charge in [-0.05, 0) is 49.0 Å². The molecule has 2 aliphatic heterocycles. The van der Waals surface area contributed by atoms with Crippen LogP contribution in [-0.4, -0.2) is 64.5 Å². The van der Waals surface area contributed by atoms with Gasteiger partial charge in [-0.2, -0.15) is 5.10 Å². The fraction of sp³-hybridized carbons (Fsp3) is 0.480. The molecule has 0 spiro atoms. The number of carbonyl (C=O) groups is 1. The van der Waals surface area contributed by atoms with Gasteiger partial charge >= 0.3 is 0 Å². The highest BCUT2D eigenvalue weighted by atomic mass is 16.5. The molecule has 0 saturated carbocycles. The van der Waals surface area contributed by atoms with Gasteiger partial charge in [-0.1, -0.05) is 18.6 Å². The van der Waals surface area contributed by atoms with Gasteiger partial charge in [0.15, 0.2) is 0 Å². The maximum Gasteiger partial charge on any atom is 0.228 e. The summed E-state index contributed by atoms with van der Waals surface area (Å²) in [6, 6.07) is 8.32. The topological polar surface area (TPSA) is 84.3 Å². The van der Waals surface area contributed by atoms with Gasteiger partial charge in [0, 0.05) is 43.8 Å². The summed E-state index contributed by atoms with van der Waals surface area (Å²) in [5, 5.41) is 12.8. The molecule has 4 heterocycles. The number of benzene rings is 1. The summed E-state index contributed by atoms with van der Waals surface area (Å²) in [7, 11) is 2.02. The van der Waals surface area contributed by atoms with Crippen LogP contribution < -0.4 is 10.6 Å². The van der Waals surface area contributed by atoms with Crippen molar-refractivity contribution in [2.75, 3.05) is 38.1 Å². The third kappa shape index (κ3) is 5.24. The molecule has 1 unspecified atom stereocenters. The average Bonchev–Trinajstić information content (AvgIpc) is 3.20. The number of aromatic nitrogens is 3. The Balaban J connectivity index is 1.34. The maximum absolute atomic E-state index is 12.5. The molecule has 2 N–H and O–H groups in total. The minimum Gasteiger partial charge on any atom is -0.375 e. The summed E-state index contributed by atoms with van der Waals surface area (Å²) >= 11 is 0. The van der Waals surface area contributed by atoms with Gasteiger partial charge in [-0.25, -0.2) is 4.98 Å². The molecule has 8 heteroatoms. The maximum atomic E-state index is 12.5. The second-order valence-electron chi connectivity index (χ2n) is 9.05. The van der Waals surface area contributed by atoms with E-state index < -0.39 is 0 Å². The number of ether oxygens (including phenoxy) is 1. The Morgan fingerprint density at radius 1 is 1.18 bits per heavy atom. The first kappa shape index (κ1) is 22.0. The lowest BCUT2D eigenvalue weighted by molar-refractivity contribution is -0.119. The van der Waals surface area contributed by atoms with E-state index in [1.807, 2.05) is 30.2 Å². The van der Waals surface area contributed by atoms with Crippen molar-refractivity contribution in [1.29, 1.82) is 0 Å². The zero-order valence-electron chi connectivity index (χ0n) is 19.2. The summed E-state index contributed by atoms with van der Waals surface area (Å²) in [5.41, 5.74) is 3.53. The first-order valence-electron chi connectivity index (χ1n) is 11.9. The number of rotatable bonds is 6. The van der Waals surface area contributed by atoms with E-state index in [4.69, 9.17) is 4.74 Å². The zero-order chi connectivity index (χ0) is 22.6. The summed E-state index contributed by atoms with van der Waals surface area (Å²) in [6.07, 6.45) is 7.88. The zero-order valence-corrected chi connectivity index (χ0v) is 19.2. The number of fused-ring (bicyclic) bond motifs is 1. The normalized spacial score (nSPS) is 19.6. The first-order chi connectivity index (χ1) is 16.2. The van der Waals surface area contributed by atoms with Gasteiger partial charge in [-0.3, -0.25) is 14.4 Å². The lowest BCUT2D eigenvalue weighted by Crippen LogP contribution is -2.40. The highest BCUT2D eigenvalue weighted by Gasteiger charge is 2.19. The van der Waals surface area contributed by atoms with E-state index in [0.29, 0.717) is 25.4 Å². The van der Waals surface area contributed by atoms with Crippen LogP contribution in [0, 0.1) is 0 Å². The fourth-order valence-electron chi connectivity index (χ4n) is 4.75. The average molecular weight is 449 g/mol. The van der Waals surface area contributed by atoms with E-state index in [0.717, 1.165) is 48.1 Å². The van der Waals surface area contributed by atoms with E-state index in [-0.39, 0.29) is 12.0 Å². The Bertz CT molecular complexity index is 1120. The van der Waals surface area contributed by atoms with E-state index in [1.165, 1.54) is 25.0 Å². The van der Waals surface area contributed by atoms with Crippen LogP contribution in [0.1, 0.15) is 31.4 Å². The Morgan fingerprint density at radius 2 is 2.06 bits per heavy atom. The number of hydrogen-bond donors (Lipinski definition) is 2. The quantitative estimate of drug-likeness (QED) is 0.603. The molecule has 33 heavy (non-hydrogen) atoms. The monoisotopic (exact) mass is 448 g/mol. The van der Waals surface area contributed by atoms with E-state index in [2.05, 4.69) is 43.8 Å². The summed E-state index contributed by atoms with van der Waals surface area (Å²) in [6.45, 7) is 5.40. The molecule has 0 bridgehead atoms. The van der Waals surface area contributed by atoms with Crippen LogP contribution in [0.4, 0.5) is 5.82 Å². The van der Waals surface area contributed by atoms with Crippen LogP contribution in [0.15, 0.2) is 36.7 Å². The van der Waals surface area contributed by atoms with Crippen LogP contribution in [0.2, 0.25) is 0 Å². The minimum absolute atomic E-state index is 0.0808. The van der Waals surface area contributed by atoms with E-state index in [1.54, 1.807) is 0 Å². The number of amides is 1. The molecule has 1 amide bonds. The molecule has 2 aliphatic rings. The van der Waals surface area contributed by atoms with Crippen molar-refractivity contribution in [2.24, 2.45) is 7.05 Å². The Hall–Kier alpha value is -2.81. The molecular formula is C25H32N6O2. The molecular weight excluding hydrogens is 416 g/mol. The minimum atomic E-state index is -0.0882. The summed E-state index contributed by atoms with van der Waals surface area (Å²) < 4.78 is 7.63. The van der Waals surface area contributed by atoms with E-state index >= 15 is 0 Å². The molecule has 2 fully saturated rings. The lowest BCUT2D eigenvalue weighted by Gasteiger charge is -2.26. The molecule has 2 aromatic heterocycles. The Morgan fingerprint density at radius 3 is 2.88 bits per heavy atom. The number of anilines is 1. The number of hydrogen-bond acceptors (Lipinski definition) is 6. The molecule has 174 valence electrons. The molecule has 0 aliphatic carbocycles.